The maximum atomic E-state index is 12.5. The Hall–Kier alpha value is -1.84. The summed E-state index contributed by atoms with van der Waals surface area (Å²) >= 11 is 0. The van der Waals surface area contributed by atoms with Crippen molar-refractivity contribution in [2.24, 2.45) is 5.41 Å². The van der Waals surface area contributed by atoms with Gasteiger partial charge in [0, 0.05) is 0 Å². The lowest BCUT2D eigenvalue weighted by atomic mass is 9.85. The Morgan fingerprint density at radius 1 is 1.20 bits per heavy atom. The third-order valence-corrected chi connectivity index (χ3v) is 3.90. The molecule has 2 N–H and O–H groups in total. The van der Waals surface area contributed by atoms with E-state index in [4.69, 9.17) is 0 Å². The summed E-state index contributed by atoms with van der Waals surface area (Å²) < 4.78 is 0. The van der Waals surface area contributed by atoms with E-state index >= 15 is 0 Å². The Balaban J connectivity index is 2.18. The summed E-state index contributed by atoms with van der Waals surface area (Å²) in [5.74, 6) is -1.17. The standard InChI is InChI=1S/C16H21NO3/c1-15(2,3)12(13(18)19)17-14(20)16(9-10-16)11-7-5-4-6-8-11/h4-8,12H,9-10H2,1-3H3,(H,17,20)(H,18,19)/t12-/m1/s1. The topological polar surface area (TPSA) is 66.4 Å². The third kappa shape index (κ3) is 2.69. The van der Waals surface area contributed by atoms with Crippen molar-refractivity contribution in [2.45, 2.75) is 45.1 Å². The molecule has 1 atom stereocenters. The molecule has 1 aromatic carbocycles. The molecule has 1 amide bonds. The van der Waals surface area contributed by atoms with Gasteiger partial charge in [-0.25, -0.2) is 4.79 Å². The van der Waals surface area contributed by atoms with Gasteiger partial charge in [-0.3, -0.25) is 4.79 Å². The van der Waals surface area contributed by atoms with Crippen LogP contribution in [0.3, 0.4) is 0 Å². The van der Waals surface area contributed by atoms with E-state index in [0.29, 0.717) is 0 Å². The van der Waals surface area contributed by atoms with Gasteiger partial charge in [0.1, 0.15) is 6.04 Å². The lowest BCUT2D eigenvalue weighted by Crippen LogP contribution is -2.52. The molecule has 0 heterocycles. The molecule has 0 saturated heterocycles. The second-order valence-corrected chi connectivity index (χ2v) is 6.56. The number of hydrogen-bond acceptors (Lipinski definition) is 2. The van der Waals surface area contributed by atoms with E-state index in [1.807, 2.05) is 51.1 Å². The second-order valence-electron chi connectivity index (χ2n) is 6.56. The molecular weight excluding hydrogens is 254 g/mol. The fraction of sp³-hybridized carbons (Fsp3) is 0.500. The number of hydrogen-bond donors (Lipinski definition) is 2. The first-order valence-electron chi connectivity index (χ1n) is 6.87. The number of carbonyl (C=O) groups excluding carboxylic acids is 1. The van der Waals surface area contributed by atoms with Crippen molar-refractivity contribution in [1.29, 1.82) is 0 Å². The maximum absolute atomic E-state index is 12.5. The molecule has 0 radical (unpaired) electrons. The zero-order valence-corrected chi connectivity index (χ0v) is 12.1. The van der Waals surface area contributed by atoms with E-state index < -0.39 is 22.8 Å². The van der Waals surface area contributed by atoms with Crippen LogP contribution < -0.4 is 5.32 Å². The monoisotopic (exact) mass is 275 g/mol. The molecule has 4 heteroatoms. The first-order valence-corrected chi connectivity index (χ1v) is 6.87. The Morgan fingerprint density at radius 2 is 1.75 bits per heavy atom. The summed E-state index contributed by atoms with van der Waals surface area (Å²) in [6.45, 7) is 5.44. The minimum Gasteiger partial charge on any atom is -0.480 e. The van der Waals surface area contributed by atoms with Crippen molar-refractivity contribution in [3.63, 3.8) is 0 Å². The number of amides is 1. The van der Waals surface area contributed by atoms with Crippen LogP contribution >= 0.6 is 0 Å². The van der Waals surface area contributed by atoms with Crippen molar-refractivity contribution in [3.8, 4) is 0 Å². The smallest absolute Gasteiger partial charge is 0.326 e. The highest BCUT2D eigenvalue weighted by atomic mass is 16.4. The molecule has 1 aliphatic rings. The number of benzene rings is 1. The number of aliphatic carboxylic acids is 1. The Morgan fingerprint density at radius 3 is 2.15 bits per heavy atom. The van der Waals surface area contributed by atoms with Gasteiger partial charge < -0.3 is 10.4 Å². The van der Waals surface area contributed by atoms with Crippen LogP contribution in [-0.2, 0) is 15.0 Å². The molecule has 1 aliphatic carbocycles. The number of carboxylic acids is 1. The van der Waals surface area contributed by atoms with E-state index in [-0.39, 0.29) is 5.91 Å². The van der Waals surface area contributed by atoms with Crippen molar-refractivity contribution in [3.05, 3.63) is 35.9 Å². The van der Waals surface area contributed by atoms with E-state index in [1.54, 1.807) is 0 Å². The number of carbonyl (C=O) groups is 2. The molecule has 4 nitrogen and oxygen atoms in total. The number of carboxylic acid groups (broad SMARTS) is 1. The number of nitrogens with one attached hydrogen (secondary N) is 1. The molecule has 0 bridgehead atoms. The highest BCUT2D eigenvalue weighted by molar-refractivity contribution is 5.94. The highest BCUT2D eigenvalue weighted by Gasteiger charge is 2.52. The lowest BCUT2D eigenvalue weighted by molar-refractivity contribution is -0.145. The average molecular weight is 275 g/mol. The minimum atomic E-state index is -0.991. The average Bonchev–Trinajstić information content (AvgIpc) is 3.16. The van der Waals surface area contributed by atoms with Crippen LogP contribution in [0, 0.1) is 5.41 Å². The first kappa shape index (κ1) is 14.6. The van der Waals surface area contributed by atoms with Crippen LogP contribution in [-0.4, -0.2) is 23.0 Å². The van der Waals surface area contributed by atoms with Crippen LogP contribution in [0.1, 0.15) is 39.2 Å². The van der Waals surface area contributed by atoms with Gasteiger partial charge in [0.25, 0.3) is 0 Å². The first-order chi connectivity index (χ1) is 9.27. The van der Waals surface area contributed by atoms with Crippen LogP contribution in [0.15, 0.2) is 30.3 Å². The van der Waals surface area contributed by atoms with Gasteiger partial charge in [-0.1, -0.05) is 51.1 Å². The normalized spacial score (nSPS) is 18.1. The molecular formula is C16H21NO3. The summed E-state index contributed by atoms with van der Waals surface area (Å²) in [7, 11) is 0. The molecule has 0 aliphatic heterocycles. The highest BCUT2D eigenvalue weighted by Crippen LogP contribution is 2.48. The molecule has 20 heavy (non-hydrogen) atoms. The largest absolute Gasteiger partial charge is 0.480 e. The van der Waals surface area contributed by atoms with Crippen molar-refractivity contribution >= 4 is 11.9 Å². The number of rotatable bonds is 4. The van der Waals surface area contributed by atoms with Gasteiger partial charge in [-0.15, -0.1) is 0 Å². The van der Waals surface area contributed by atoms with Gasteiger partial charge in [0.05, 0.1) is 5.41 Å². The van der Waals surface area contributed by atoms with Crippen LogP contribution in [0.25, 0.3) is 0 Å². The predicted molar refractivity (Wildman–Crippen MR) is 76.4 cm³/mol. The molecule has 1 aromatic rings. The van der Waals surface area contributed by atoms with Gasteiger partial charge in [-0.2, -0.15) is 0 Å². The Bertz CT molecular complexity index is 512. The van der Waals surface area contributed by atoms with Crippen LogP contribution in [0.2, 0.25) is 0 Å². The molecule has 108 valence electrons. The molecule has 1 saturated carbocycles. The minimum absolute atomic E-state index is 0.175. The van der Waals surface area contributed by atoms with Gasteiger partial charge >= 0.3 is 5.97 Å². The molecule has 0 aromatic heterocycles. The molecule has 2 rings (SSSR count). The van der Waals surface area contributed by atoms with Crippen LogP contribution in [0.4, 0.5) is 0 Å². The fourth-order valence-electron chi connectivity index (χ4n) is 2.45. The van der Waals surface area contributed by atoms with Crippen molar-refractivity contribution in [2.75, 3.05) is 0 Å². The molecule has 1 fully saturated rings. The SMILES string of the molecule is CC(C)(C)[C@H](NC(=O)C1(c2ccccc2)CC1)C(=O)O. The van der Waals surface area contributed by atoms with E-state index in [1.165, 1.54) is 0 Å². The lowest BCUT2D eigenvalue weighted by Gasteiger charge is -2.29. The van der Waals surface area contributed by atoms with Crippen molar-refractivity contribution in [1.82, 2.24) is 5.32 Å². The summed E-state index contributed by atoms with van der Waals surface area (Å²) in [4.78, 5) is 23.9. The van der Waals surface area contributed by atoms with E-state index in [2.05, 4.69) is 5.32 Å². The Kier molecular flexibility index (Phi) is 3.59. The van der Waals surface area contributed by atoms with Crippen molar-refractivity contribution < 1.29 is 14.7 Å². The summed E-state index contributed by atoms with van der Waals surface area (Å²) in [5.41, 5.74) is -0.0791. The summed E-state index contributed by atoms with van der Waals surface area (Å²) in [6.07, 6.45) is 1.55. The maximum Gasteiger partial charge on any atom is 0.326 e. The molecule has 0 spiro atoms. The molecule has 0 unspecified atom stereocenters. The quantitative estimate of drug-likeness (QED) is 0.886. The van der Waals surface area contributed by atoms with Gasteiger partial charge in [-0.05, 0) is 23.8 Å². The third-order valence-electron chi connectivity index (χ3n) is 3.90. The van der Waals surface area contributed by atoms with E-state index in [0.717, 1.165) is 18.4 Å². The predicted octanol–water partition coefficient (Wildman–Crippen LogP) is 2.33. The zero-order chi connectivity index (χ0) is 15.0. The zero-order valence-electron chi connectivity index (χ0n) is 12.1. The second kappa shape index (κ2) is 4.93. The fourth-order valence-corrected chi connectivity index (χ4v) is 2.45. The summed E-state index contributed by atoms with van der Waals surface area (Å²) in [6, 6.07) is 8.70. The van der Waals surface area contributed by atoms with Gasteiger partial charge in [0.15, 0.2) is 0 Å². The van der Waals surface area contributed by atoms with E-state index in [9.17, 15) is 14.7 Å². The Labute approximate surface area is 119 Å². The van der Waals surface area contributed by atoms with Crippen LogP contribution in [0.5, 0.6) is 0 Å². The summed E-state index contributed by atoms with van der Waals surface area (Å²) in [5, 5.41) is 12.0. The van der Waals surface area contributed by atoms with Gasteiger partial charge in [0.2, 0.25) is 5.91 Å².